The van der Waals surface area contributed by atoms with Crippen LogP contribution in [0.4, 0.5) is 0 Å². The standard InChI is InChI=1S/C19H30BN3O5S/c1-14(24)23-9-6-7-15(13-23)8-10-29(25,26)17-21-11-16(12-22-17)20-27-18(2,3)19(4,5)28-20/h11-12,15H,6-10,13H2,1-5H3/t15-/m1/s1. The maximum absolute atomic E-state index is 12.7. The van der Waals surface area contributed by atoms with Gasteiger partial charge in [-0.2, -0.15) is 0 Å². The van der Waals surface area contributed by atoms with Gasteiger partial charge < -0.3 is 14.2 Å². The molecule has 1 amide bonds. The third kappa shape index (κ3) is 4.80. The summed E-state index contributed by atoms with van der Waals surface area (Å²) < 4.78 is 37.2. The predicted molar refractivity (Wildman–Crippen MR) is 109 cm³/mol. The number of hydrogen-bond acceptors (Lipinski definition) is 7. The first-order valence-electron chi connectivity index (χ1n) is 10.1. The number of sulfone groups is 1. The van der Waals surface area contributed by atoms with Crippen molar-refractivity contribution in [3.8, 4) is 0 Å². The molecule has 2 fully saturated rings. The Morgan fingerprint density at radius 1 is 1.21 bits per heavy atom. The van der Waals surface area contributed by atoms with Crippen LogP contribution in [0.2, 0.25) is 0 Å². The molecular weight excluding hydrogens is 393 g/mol. The molecule has 2 aliphatic rings. The predicted octanol–water partition coefficient (Wildman–Crippen LogP) is 1.20. The van der Waals surface area contributed by atoms with Crippen LogP contribution in [-0.4, -0.2) is 66.4 Å². The Morgan fingerprint density at radius 2 is 1.79 bits per heavy atom. The van der Waals surface area contributed by atoms with E-state index in [4.69, 9.17) is 9.31 Å². The summed E-state index contributed by atoms with van der Waals surface area (Å²) >= 11 is 0. The van der Waals surface area contributed by atoms with E-state index in [1.54, 1.807) is 11.8 Å². The van der Waals surface area contributed by atoms with Crippen molar-refractivity contribution in [3.63, 3.8) is 0 Å². The second-order valence-electron chi connectivity index (χ2n) is 8.97. The molecule has 0 aromatic carbocycles. The number of amides is 1. The van der Waals surface area contributed by atoms with Crippen molar-refractivity contribution in [3.05, 3.63) is 12.4 Å². The van der Waals surface area contributed by atoms with Gasteiger partial charge in [0.25, 0.3) is 0 Å². The minimum absolute atomic E-state index is 0.0285. The lowest BCUT2D eigenvalue weighted by atomic mass is 9.81. The highest BCUT2D eigenvalue weighted by Gasteiger charge is 2.52. The highest BCUT2D eigenvalue weighted by atomic mass is 32.2. The number of carbonyl (C=O) groups excluding carboxylic acids is 1. The highest BCUT2D eigenvalue weighted by Crippen LogP contribution is 2.36. The van der Waals surface area contributed by atoms with Gasteiger partial charge in [-0.25, -0.2) is 18.4 Å². The Bertz CT molecular complexity index is 841. The van der Waals surface area contributed by atoms with Gasteiger partial charge in [-0.05, 0) is 52.9 Å². The average molecular weight is 423 g/mol. The summed E-state index contributed by atoms with van der Waals surface area (Å²) in [5.41, 5.74) is -0.390. The van der Waals surface area contributed by atoms with Gasteiger partial charge in [0.05, 0.1) is 17.0 Å². The van der Waals surface area contributed by atoms with Crippen LogP contribution in [0.5, 0.6) is 0 Å². The number of aromatic nitrogens is 2. The van der Waals surface area contributed by atoms with Gasteiger partial charge in [0.2, 0.25) is 20.9 Å². The summed E-state index contributed by atoms with van der Waals surface area (Å²) in [6.07, 6.45) is 5.25. The fourth-order valence-corrected chi connectivity index (χ4v) is 4.84. The molecule has 8 nitrogen and oxygen atoms in total. The van der Waals surface area contributed by atoms with Crippen LogP contribution in [0, 0.1) is 5.92 Å². The van der Waals surface area contributed by atoms with E-state index in [1.165, 1.54) is 12.4 Å². The van der Waals surface area contributed by atoms with Crippen LogP contribution in [0.25, 0.3) is 0 Å². The lowest BCUT2D eigenvalue weighted by Crippen LogP contribution is -2.41. The van der Waals surface area contributed by atoms with E-state index in [2.05, 4.69) is 9.97 Å². The molecular formula is C19H30BN3O5S. The molecule has 0 aliphatic carbocycles. The van der Waals surface area contributed by atoms with Crippen LogP contribution in [-0.2, 0) is 23.9 Å². The average Bonchev–Trinajstić information content (AvgIpc) is 2.88. The molecule has 160 valence electrons. The molecule has 1 aromatic heterocycles. The van der Waals surface area contributed by atoms with Gasteiger partial charge in [-0.1, -0.05) is 0 Å². The second kappa shape index (κ2) is 7.96. The maximum atomic E-state index is 12.7. The van der Waals surface area contributed by atoms with E-state index in [0.29, 0.717) is 18.4 Å². The van der Waals surface area contributed by atoms with Crippen molar-refractivity contribution in [2.24, 2.45) is 5.92 Å². The zero-order valence-corrected chi connectivity index (χ0v) is 18.7. The first-order chi connectivity index (χ1) is 13.4. The van der Waals surface area contributed by atoms with E-state index >= 15 is 0 Å². The normalized spacial score (nSPS) is 24.0. The van der Waals surface area contributed by atoms with Crippen LogP contribution < -0.4 is 5.46 Å². The zero-order valence-electron chi connectivity index (χ0n) is 17.8. The summed E-state index contributed by atoms with van der Waals surface area (Å²) in [5, 5.41) is -0.183. The Hall–Kier alpha value is -1.52. The van der Waals surface area contributed by atoms with Gasteiger partial charge >= 0.3 is 7.12 Å². The second-order valence-corrected chi connectivity index (χ2v) is 11.0. The van der Waals surface area contributed by atoms with E-state index in [9.17, 15) is 13.2 Å². The molecule has 1 atom stereocenters. The number of likely N-dealkylation sites (tertiary alicyclic amines) is 1. The van der Waals surface area contributed by atoms with E-state index in [-0.39, 0.29) is 22.7 Å². The van der Waals surface area contributed by atoms with E-state index in [1.807, 2.05) is 27.7 Å². The monoisotopic (exact) mass is 423 g/mol. The quantitative estimate of drug-likeness (QED) is 0.518. The van der Waals surface area contributed by atoms with Crippen LogP contribution >= 0.6 is 0 Å². The number of rotatable bonds is 5. The van der Waals surface area contributed by atoms with E-state index < -0.39 is 28.2 Å². The van der Waals surface area contributed by atoms with Crippen molar-refractivity contribution in [2.45, 2.75) is 70.2 Å². The lowest BCUT2D eigenvalue weighted by Gasteiger charge is -2.32. The summed E-state index contributed by atoms with van der Waals surface area (Å²) in [4.78, 5) is 21.5. The molecule has 0 unspecified atom stereocenters. The van der Waals surface area contributed by atoms with Gasteiger partial charge in [-0.15, -0.1) is 0 Å². The minimum atomic E-state index is -3.59. The molecule has 0 saturated carbocycles. The summed E-state index contributed by atoms with van der Waals surface area (Å²) in [6, 6.07) is 0. The molecule has 29 heavy (non-hydrogen) atoms. The van der Waals surface area contributed by atoms with E-state index in [0.717, 1.165) is 19.4 Å². The van der Waals surface area contributed by atoms with Gasteiger partial charge in [0, 0.05) is 37.9 Å². The van der Waals surface area contributed by atoms with Crippen molar-refractivity contribution >= 4 is 28.3 Å². The number of nitrogens with zero attached hydrogens (tertiary/aromatic N) is 3. The van der Waals surface area contributed by atoms with Crippen LogP contribution in [0.15, 0.2) is 17.6 Å². The summed E-state index contributed by atoms with van der Waals surface area (Å²) in [6.45, 7) is 10.7. The molecule has 10 heteroatoms. The van der Waals surface area contributed by atoms with Crippen molar-refractivity contribution in [2.75, 3.05) is 18.8 Å². The van der Waals surface area contributed by atoms with Gasteiger partial charge in [0.15, 0.2) is 0 Å². The number of hydrogen-bond donors (Lipinski definition) is 0. The summed E-state index contributed by atoms with van der Waals surface area (Å²) in [7, 11) is -4.22. The lowest BCUT2D eigenvalue weighted by molar-refractivity contribution is -0.130. The molecule has 3 rings (SSSR count). The smallest absolute Gasteiger partial charge is 0.399 e. The fourth-order valence-electron chi connectivity index (χ4n) is 3.59. The third-order valence-corrected chi connectivity index (χ3v) is 7.75. The number of piperidine rings is 1. The molecule has 2 aliphatic heterocycles. The van der Waals surface area contributed by atoms with Crippen LogP contribution in [0.3, 0.4) is 0 Å². The van der Waals surface area contributed by atoms with Crippen molar-refractivity contribution in [1.82, 2.24) is 14.9 Å². The van der Waals surface area contributed by atoms with Crippen molar-refractivity contribution in [1.29, 1.82) is 0 Å². The Labute approximate surface area is 173 Å². The molecule has 0 N–H and O–H groups in total. The highest BCUT2D eigenvalue weighted by molar-refractivity contribution is 7.91. The third-order valence-electron chi connectivity index (χ3n) is 6.21. The van der Waals surface area contributed by atoms with Gasteiger partial charge in [0.1, 0.15) is 0 Å². The van der Waals surface area contributed by atoms with Crippen LogP contribution in [0.1, 0.15) is 53.9 Å². The molecule has 0 radical (unpaired) electrons. The summed E-state index contributed by atoms with van der Waals surface area (Å²) in [5.74, 6) is 0.199. The maximum Gasteiger partial charge on any atom is 0.498 e. The largest absolute Gasteiger partial charge is 0.498 e. The Morgan fingerprint density at radius 3 is 2.34 bits per heavy atom. The Balaban J connectivity index is 1.62. The number of carbonyl (C=O) groups is 1. The van der Waals surface area contributed by atoms with Gasteiger partial charge in [-0.3, -0.25) is 4.79 Å². The first kappa shape index (κ1) is 22.2. The molecule has 0 spiro atoms. The molecule has 0 bridgehead atoms. The van der Waals surface area contributed by atoms with Crippen molar-refractivity contribution < 1.29 is 22.5 Å². The Kier molecular flexibility index (Phi) is 6.09. The zero-order chi connectivity index (χ0) is 21.4. The molecule has 1 aromatic rings. The topological polar surface area (TPSA) is 98.7 Å². The molecule has 2 saturated heterocycles. The fraction of sp³-hybridized carbons (Fsp3) is 0.737. The SMILES string of the molecule is CC(=O)N1CCC[C@H](CCS(=O)(=O)c2ncc(B3OC(C)(C)C(C)(C)O3)cn2)C1. The first-order valence-corrected chi connectivity index (χ1v) is 11.7. The minimum Gasteiger partial charge on any atom is -0.399 e. The molecule has 3 heterocycles.